The molecule has 5 rings (SSSR count). The molecule has 1 amide bonds. The highest BCUT2D eigenvalue weighted by atomic mass is 16.5. The second-order valence-corrected chi connectivity index (χ2v) is 8.60. The van der Waals surface area contributed by atoms with Gasteiger partial charge in [-0.3, -0.25) is 29.3 Å². The number of amides is 1. The molecule has 0 radical (unpaired) electrons. The summed E-state index contributed by atoms with van der Waals surface area (Å²) >= 11 is 0. The van der Waals surface area contributed by atoms with Crippen LogP contribution in [0.1, 0.15) is 21.5 Å². The Morgan fingerprint density at radius 1 is 1.17 bits per heavy atom. The topological polar surface area (TPSA) is 118 Å². The van der Waals surface area contributed by atoms with Crippen molar-refractivity contribution in [2.24, 2.45) is 0 Å². The minimum absolute atomic E-state index is 0.00280. The minimum atomic E-state index is -0.387. The number of hydrogen-bond acceptors (Lipinski definition) is 7. The third-order valence-electron chi connectivity index (χ3n) is 6.29. The van der Waals surface area contributed by atoms with Crippen molar-refractivity contribution < 1.29 is 9.53 Å². The average molecular weight is 474 g/mol. The van der Waals surface area contributed by atoms with Gasteiger partial charge in [0.05, 0.1) is 30.7 Å². The summed E-state index contributed by atoms with van der Waals surface area (Å²) < 4.78 is 8.47. The second-order valence-electron chi connectivity index (χ2n) is 8.60. The molecular formula is C25H27N7O3. The predicted molar refractivity (Wildman–Crippen MR) is 130 cm³/mol. The number of nitrogens with zero attached hydrogens (tertiary/aromatic N) is 5. The lowest BCUT2D eigenvalue weighted by Gasteiger charge is -2.26. The van der Waals surface area contributed by atoms with E-state index >= 15 is 0 Å². The van der Waals surface area contributed by atoms with Gasteiger partial charge in [-0.15, -0.1) is 0 Å². The molecule has 10 nitrogen and oxygen atoms in total. The highest BCUT2D eigenvalue weighted by Gasteiger charge is 2.19. The van der Waals surface area contributed by atoms with Crippen LogP contribution in [0.5, 0.6) is 0 Å². The number of rotatable bonds is 6. The van der Waals surface area contributed by atoms with E-state index in [1.165, 1.54) is 10.5 Å². The van der Waals surface area contributed by atoms with E-state index in [2.05, 4.69) is 15.2 Å². The summed E-state index contributed by atoms with van der Waals surface area (Å²) in [5.74, 6) is -0.387. The summed E-state index contributed by atoms with van der Waals surface area (Å²) in [5, 5.41) is 12.1. The molecule has 4 aromatic heterocycles. The van der Waals surface area contributed by atoms with Crippen LogP contribution >= 0.6 is 0 Å². The fraction of sp³-hybridized carbons (Fsp3) is 0.320. The van der Waals surface area contributed by atoms with Crippen LogP contribution in [0.4, 0.5) is 0 Å². The Balaban J connectivity index is 1.58. The molecule has 1 aliphatic rings. The van der Waals surface area contributed by atoms with Gasteiger partial charge in [0.25, 0.3) is 11.5 Å². The molecule has 2 N–H and O–H groups in total. The summed E-state index contributed by atoms with van der Waals surface area (Å²) in [4.78, 5) is 37.6. The average Bonchev–Trinajstić information content (AvgIpc) is 2.88. The Kier molecular flexibility index (Phi) is 6.39. The van der Waals surface area contributed by atoms with E-state index in [1.54, 1.807) is 29.2 Å². The normalized spacial score (nSPS) is 14.4. The van der Waals surface area contributed by atoms with Crippen LogP contribution < -0.4 is 16.4 Å². The third-order valence-corrected chi connectivity index (χ3v) is 6.29. The van der Waals surface area contributed by atoms with Crippen molar-refractivity contribution >= 4 is 22.6 Å². The molecule has 5 heterocycles. The molecule has 0 unspecified atom stereocenters. The van der Waals surface area contributed by atoms with Gasteiger partial charge in [-0.2, -0.15) is 0 Å². The minimum Gasteiger partial charge on any atom is -0.379 e. The summed E-state index contributed by atoms with van der Waals surface area (Å²) in [6, 6.07) is 8.85. The number of pyridine rings is 3. The number of ether oxygens (including phenoxy) is 1. The van der Waals surface area contributed by atoms with Gasteiger partial charge in [0.2, 0.25) is 0 Å². The Hall–Kier alpha value is -3.89. The Morgan fingerprint density at radius 3 is 2.71 bits per heavy atom. The molecular weight excluding hydrogens is 446 g/mol. The van der Waals surface area contributed by atoms with Crippen molar-refractivity contribution in [3.05, 3.63) is 81.5 Å². The maximum Gasteiger partial charge on any atom is 0.267 e. The lowest BCUT2D eigenvalue weighted by molar-refractivity contribution is 0.0383. The summed E-state index contributed by atoms with van der Waals surface area (Å²) in [6.45, 7) is 6.34. The van der Waals surface area contributed by atoms with Gasteiger partial charge in [-0.25, -0.2) is 4.98 Å². The first-order valence-corrected chi connectivity index (χ1v) is 11.6. The van der Waals surface area contributed by atoms with E-state index in [1.807, 2.05) is 25.1 Å². The molecule has 180 valence electrons. The second kappa shape index (κ2) is 9.77. The monoisotopic (exact) mass is 473 g/mol. The van der Waals surface area contributed by atoms with Crippen LogP contribution in [0.15, 0.2) is 53.7 Å². The maximum atomic E-state index is 13.4. The lowest BCUT2D eigenvalue weighted by Crippen LogP contribution is -2.42. The van der Waals surface area contributed by atoms with Crippen molar-refractivity contribution in [2.75, 3.05) is 39.4 Å². The number of carbonyl (C=O) groups excluding carboxylic acids is 1. The number of aromatic nitrogens is 4. The first-order valence-electron chi connectivity index (χ1n) is 11.6. The molecule has 35 heavy (non-hydrogen) atoms. The van der Waals surface area contributed by atoms with Crippen molar-refractivity contribution in [3.63, 3.8) is 0 Å². The number of nitrogens with one attached hydrogen (secondary N) is 2. The van der Waals surface area contributed by atoms with Crippen molar-refractivity contribution in [3.8, 4) is 0 Å². The summed E-state index contributed by atoms with van der Waals surface area (Å²) in [6.07, 6.45) is 5.01. The number of carbonyl (C=O) groups is 1. The predicted octanol–water partition coefficient (Wildman–Crippen LogP) is 0.942. The fourth-order valence-electron chi connectivity index (χ4n) is 4.34. The van der Waals surface area contributed by atoms with Gasteiger partial charge in [-0.05, 0) is 42.3 Å². The number of aryl methyl sites for hydroxylation is 1. The van der Waals surface area contributed by atoms with Crippen LogP contribution in [0.2, 0.25) is 0 Å². The standard InChI is InChI=1S/C25H27N7O3/c1-17-3-2-9-31-22(17)29-23-20(25(31)34)15-19(21(26)32(23)16-18-4-6-27-7-5-18)24(33)28-8-10-30-11-13-35-14-12-30/h2-7,9,15,26H,8,10-14,16H2,1H3,(H,28,33). The van der Waals surface area contributed by atoms with Gasteiger partial charge in [0.1, 0.15) is 16.8 Å². The number of morpholine rings is 1. The zero-order valence-corrected chi connectivity index (χ0v) is 19.5. The van der Waals surface area contributed by atoms with Gasteiger partial charge < -0.3 is 14.6 Å². The zero-order valence-electron chi connectivity index (χ0n) is 19.5. The largest absolute Gasteiger partial charge is 0.379 e. The quantitative estimate of drug-likeness (QED) is 0.403. The molecule has 0 atom stereocenters. The SMILES string of the molecule is Cc1cccn2c(=O)c3cc(C(=O)NCCN4CCOCC4)c(=N)n(Cc4ccncc4)c3nc12. The van der Waals surface area contributed by atoms with E-state index in [9.17, 15) is 9.59 Å². The van der Waals surface area contributed by atoms with Crippen molar-refractivity contribution in [2.45, 2.75) is 13.5 Å². The molecule has 0 saturated carbocycles. The lowest BCUT2D eigenvalue weighted by atomic mass is 10.1. The number of fused-ring (bicyclic) bond motifs is 2. The van der Waals surface area contributed by atoms with Crippen LogP contribution in [-0.2, 0) is 11.3 Å². The molecule has 4 aromatic rings. The summed E-state index contributed by atoms with van der Waals surface area (Å²) in [7, 11) is 0. The Bertz CT molecular complexity index is 1510. The fourth-order valence-corrected chi connectivity index (χ4v) is 4.34. The third kappa shape index (κ3) is 4.58. The highest BCUT2D eigenvalue weighted by Crippen LogP contribution is 2.14. The molecule has 10 heteroatoms. The maximum absolute atomic E-state index is 13.4. The molecule has 0 bridgehead atoms. The van der Waals surface area contributed by atoms with E-state index in [4.69, 9.17) is 15.1 Å². The zero-order chi connectivity index (χ0) is 24.4. The summed E-state index contributed by atoms with van der Waals surface area (Å²) in [5.41, 5.74) is 2.49. The molecule has 1 aliphatic heterocycles. The van der Waals surface area contributed by atoms with E-state index in [0.717, 1.165) is 24.2 Å². The first-order chi connectivity index (χ1) is 17.0. The number of hydrogen-bond donors (Lipinski definition) is 2. The van der Waals surface area contributed by atoms with Crippen LogP contribution in [0.25, 0.3) is 16.7 Å². The Morgan fingerprint density at radius 2 is 1.94 bits per heavy atom. The van der Waals surface area contributed by atoms with Crippen LogP contribution in [0, 0.1) is 12.3 Å². The van der Waals surface area contributed by atoms with Crippen molar-refractivity contribution in [1.82, 2.24) is 29.2 Å². The van der Waals surface area contributed by atoms with Crippen LogP contribution in [-0.4, -0.2) is 69.1 Å². The molecule has 1 fully saturated rings. The van der Waals surface area contributed by atoms with Crippen molar-refractivity contribution in [1.29, 1.82) is 5.41 Å². The van der Waals surface area contributed by atoms with Gasteiger partial charge >= 0.3 is 0 Å². The molecule has 0 spiro atoms. The highest BCUT2D eigenvalue weighted by molar-refractivity contribution is 5.96. The molecule has 0 aromatic carbocycles. The van der Waals surface area contributed by atoms with Gasteiger partial charge in [0.15, 0.2) is 0 Å². The van der Waals surface area contributed by atoms with E-state index in [0.29, 0.717) is 37.6 Å². The van der Waals surface area contributed by atoms with Gasteiger partial charge in [-0.1, -0.05) is 6.07 Å². The van der Waals surface area contributed by atoms with Gasteiger partial charge in [0, 0.05) is 44.8 Å². The Labute approximate surface area is 201 Å². The van der Waals surface area contributed by atoms with E-state index < -0.39 is 0 Å². The smallest absolute Gasteiger partial charge is 0.267 e. The van der Waals surface area contributed by atoms with Crippen LogP contribution in [0.3, 0.4) is 0 Å². The van der Waals surface area contributed by atoms with E-state index in [-0.39, 0.29) is 34.4 Å². The molecule has 1 saturated heterocycles. The first kappa shape index (κ1) is 22.9. The molecule has 0 aliphatic carbocycles.